The highest BCUT2D eigenvalue weighted by Crippen LogP contribution is 1.99. The monoisotopic (exact) mass is 235 g/mol. The number of nitrogens with zero attached hydrogens (tertiary/aromatic N) is 4. The van der Waals surface area contributed by atoms with Crippen LogP contribution in [0.15, 0.2) is 16.9 Å². The summed E-state index contributed by atoms with van der Waals surface area (Å²) >= 11 is 0. The summed E-state index contributed by atoms with van der Waals surface area (Å²) in [4.78, 5) is 4.12. The number of hydrogen-bond donors (Lipinski definition) is 1. The Morgan fingerprint density at radius 2 is 2.29 bits per heavy atom. The van der Waals surface area contributed by atoms with Crippen LogP contribution in [0.1, 0.15) is 30.6 Å². The van der Waals surface area contributed by atoms with Crippen LogP contribution in [0.5, 0.6) is 0 Å². The molecule has 0 aromatic carbocycles. The van der Waals surface area contributed by atoms with Crippen molar-refractivity contribution in [3.05, 3.63) is 29.7 Å². The van der Waals surface area contributed by atoms with Crippen LogP contribution in [0.4, 0.5) is 0 Å². The highest BCUT2D eigenvalue weighted by atomic mass is 16.5. The summed E-state index contributed by atoms with van der Waals surface area (Å²) in [5.74, 6) is 1.28. The molecule has 0 unspecified atom stereocenters. The molecular weight excluding hydrogens is 218 g/mol. The van der Waals surface area contributed by atoms with E-state index in [2.05, 4.69) is 33.7 Å². The van der Waals surface area contributed by atoms with Crippen LogP contribution in [-0.4, -0.2) is 19.9 Å². The lowest BCUT2D eigenvalue weighted by atomic mass is 10.3. The molecule has 6 nitrogen and oxygen atoms in total. The van der Waals surface area contributed by atoms with Gasteiger partial charge in [0.25, 0.3) is 0 Å². The van der Waals surface area contributed by atoms with Gasteiger partial charge in [0.1, 0.15) is 0 Å². The molecule has 2 rings (SSSR count). The van der Waals surface area contributed by atoms with Gasteiger partial charge in [-0.05, 0) is 6.42 Å². The van der Waals surface area contributed by atoms with Gasteiger partial charge in [0, 0.05) is 31.8 Å². The first-order valence-electron chi connectivity index (χ1n) is 5.79. The SMILES string of the molecule is CCCn1cc(CNCc2noc(C)n2)cn1. The van der Waals surface area contributed by atoms with E-state index in [1.54, 1.807) is 6.92 Å². The molecule has 0 bridgehead atoms. The zero-order valence-corrected chi connectivity index (χ0v) is 10.2. The third kappa shape index (κ3) is 3.39. The Morgan fingerprint density at radius 1 is 1.41 bits per heavy atom. The zero-order chi connectivity index (χ0) is 12.1. The zero-order valence-electron chi connectivity index (χ0n) is 10.2. The van der Waals surface area contributed by atoms with E-state index in [1.807, 2.05) is 10.9 Å². The maximum atomic E-state index is 4.89. The van der Waals surface area contributed by atoms with Gasteiger partial charge in [0.05, 0.1) is 12.7 Å². The van der Waals surface area contributed by atoms with Gasteiger partial charge in [0.2, 0.25) is 5.89 Å². The van der Waals surface area contributed by atoms with Gasteiger partial charge >= 0.3 is 0 Å². The van der Waals surface area contributed by atoms with E-state index in [1.165, 1.54) is 5.56 Å². The first kappa shape index (κ1) is 11.8. The van der Waals surface area contributed by atoms with Crippen LogP contribution >= 0.6 is 0 Å². The lowest BCUT2D eigenvalue weighted by Gasteiger charge is -1.98. The van der Waals surface area contributed by atoms with Crippen molar-refractivity contribution in [2.75, 3.05) is 0 Å². The normalized spacial score (nSPS) is 10.9. The van der Waals surface area contributed by atoms with E-state index in [-0.39, 0.29) is 0 Å². The van der Waals surface area contributed by atoms with Crippen molar-refractivity contribution in [1.82, 2.24) is 25.2 Å². The molecule has 0 saturated heterocycles. The first-order valence-corrected chi connectivity index (χ1v) is 5.79. The summed E-state index contributed by atoms with van der Waals surface area (Å²) in [6.45, 7) is 6.25. The molecule has 0 fully saturated rings. The molecule has 17 heavy (non-hydrogen) atoms. The Bertz CT molecular complexity index is 462. The second kappa shape index (κ2) is 5.58. The summed E-state index contributed by atoms with van der Waals surface area (Å²) in [6.07, 6.45) is 5.03. The second-order valence-electron chi connectivity index (χ2n) is 3.94. The molecule has 0 saturated carbocycles. The molecular formula is C11H17N5O. The Labute approximate surface area is 100 Å². The first-order chi connectivity index (χ1) is 8.28. The minimum atomic E-state index is 0.595. The maximum absolute atomic E-state index is 4.89. The fraction of sp³-hybridized carbons (Fsp3) is 0.545. The van der Waals surface area contributed by atoms with E-state index < -0.39 is 0 Å². The summed E-state index contributed by atoms with van der Waals surface area (Å²) in [7, 11) is 0. The Kier molecular flexibility index (Phi) is 3.87. The lowest BCUT2D eigenvalue weighted by Crippen LogP contribution is -2.13. The summed E-state index contributed by atoms with van der Waals surface area (Å²) in [5, 5.41) is 11.3. The van der Waals surface area contributed by atoms with Crippen molar-refractivity contribution in [3.63, 3.8) is 0 Å². The number of aryl methyl sites for hydroxylation is 2. The standard InChI is InChI=1S/C11H17N5O/c1-3-4-16-8-10(6-13-16)5-12-7-11-14-9(2)17-15-11/h6,8,12H,3-5,7H2,1-2H3. The molecule has 92 valence electrons. The molecule has 0 spiro atoms. The smallest absolute Gasteiger partial charge is 0.223 e. The molecule has 0 amide bonds. The molecule has 0 radical (unpaired) electrons. The van der Waals surface area contributed by atoms with Crippen molar-refractivity contribution < 1.29 is 4.52 Å². The third-order valence-electron chi connectivity index (χ3n) is 2.32. The van der Waals surface area contributed by atoms with Gasteiger partial charge in [-0.15, -0.1) is 0 Å². The largest absolute Gasteiger partial charge is 0.340 e. The van der Waals surface area contributed by atoms with Gasteiger partial charge in [-0.25, -0.2) is 0 Å². The third-order valence-corrected chi connectivity index (χ3v) is 2.32. The van der Waals surface area contributed by atoms with Crippen LogP contribution in [0.3, 0.4) is 0 Å². The lowest BCUT2D eigenvalue weighted by molar-refractivity contribution is 0.385. The van der Waals surface area contributed by atoms with E-state index in [4.69, 9.17) is 4.52 Å². The van der Waals surface area contributed by atoms with Crippen LogP contribution in [0, 0.1) is 6.92 Å². The van der Waals surface area contributed by atoms with Crippen molar-refractivity contribution in [2.45, 2.75) is 39.9 Å². The van der Waals surface area contributed by atoms with Gasteiger partial charge in [-0.1, -0.05) is 12.1 Å². The number of hydrogen-bond acceptors (Lipinski definition) is 5. The van der Waals surface area contributed by atoms with Crippen LogP contribution in [0.25, 0.3) is 0 Å². The quantitative estimate of drug-likeness (QED) is 0.816. The fourth-order valence-electron chi connectivity index (χ4n) is 1.58. The van der Waals surface area contributed by atoms with Crippen LogP contribution in [0.2, 0.25) is 0 Å². The molecule has 0 aliphatic carbocycles. The molecule has 2 aromatic rings. The van der Waals surface area contributed by atoms with Gasteiger partial charge in [-0.2, -0.15) is 10.1 Å². The molecule has 2 aromatic heterocycles. The minimum Gasteiger partial charge on any atom is -0.340 e. The number of rotatable bonds is 6. The summed E-state index contributed by atoms with van der Waals surface area (Å²) in [5.41, 5.74) is 1.17. The summed E-state index contributed by atoms with van der Waals surface area (Å²) < 4.78 is 6.84. The Morgan fingerprint density at radius 3 is 3.00 bits per heavy atom. The highest BCUT2D eigenvalue weighted by molar-refractivity contribution is 5.03. The van der Waals surface area contributed by atoms with E-state index >= 15 is 0 Å². The average molecular weight is 235 g/mol. The minimum absolute atomic E-state index is 0.595. The van der Waals surface area contributed by atoms with Crippen molar-refractivity contribution in [3.8, 4) is 0 Å². The number of aromatic nitrogens is 4. The van der Waals surface area contributed by atoms with Crippen LogP contribution in [-0.2, 0) is 19.6 Å². The van der Waals surface area contributed by atoms with Gasteiger partial charge in [-0.3, -0.25) is 4.68 Å². The van der Waals surface area contributed by atoms with Crippen molar-refractivity contribution in [1.29, 1.82) is 0 Å². The molecule has 0 aliphatic heterocycles. The fourth-order valence-corrected chi connectivity index (χ4v) is 1.58. The van der Waals surface area contributed by atoms with Crippen LogP contribution < -0.4 is 5.32 Å². The van der Waals surface area contributed by atoms with Crippen molar-refractivity contribution >= 4 is 0 Å². The average Bonchev–Trinajstić information content (AvgIpc) is 2.89. The summed E-state index contributed by atoms with van der Waals surface area (Å²) in [6, 6.07) is 0. The maximum Gasteiger partial charge on any atom is 0.223 e. The molecule has 0 atom stereocenters. The molecule has 0 aliphatic rings. The van der Waals surface area contributed by atoms with Gasteiger partial charge < -0.3 is 9.84 Å². The van der Waals surface area contributed by atoms with E-state index in [0.717, 1.165) is 19.5 Å². The second-order valence-corrected chi connectivity index (χ2v) is 3.94. The Balaban J connectivity index is 1.77. The topological polar surface area (TPSA) is 68.8 Å². The predicted octanol–water partition coefficient (Wildman–Crippen LogP) is 1.27. The predicted molar refractivity (Wildman–Crippen MR) is 62.1 cm³/mol. The molecule has 2 heterocycles. The Hall–Kier alpha value is -1.69. The van der Waals surface area contributed by atoms with Crippen molar-refractivity contribution in [2.24, 2.45) is 0 Å². The van der Waals surface area contributed by atoms with E-state index in [9.17, 15) is 0 Å². The van der Waals surface area contributed by atoms with Gasteiger partial charge in [0.15, 0.2) is 5.82 Å². The van der Waals surface area contributed by atoms with E-state index in [0.29, 0.717) is 18.3 Å². The highest BCUT2D eigenvalue weighted by Gasteiger charge is 2.02. The number of nitrogens with one attached hydrogen (secondary N) is 1. The molecule has 6 heteroatoms. The molecule has 1 N–H and O–H groups in total.